The van der Waals surface area contributed by atoms with Crippen LogP contribution in [-0.2, 0) is 5.75 Å². The van der Waals surface area contributed by atoms with Crippen molar-refractivity contribution in [3.63, 3.8) is 0 Å². The standard InChI is InChI=1S/C14H13NO2S/c1-10-3-2-4-12(15-10)9-18-13-7-5-11(6-8-13)14(16)17/h2-8H,9H2,1H3,(H,16,17). The molecule has 0 atom stereocenters. The van der Waals surface area contributed by atoms with Gasteiger partial charge in [-0.2, -0.15) is 0 Å². The first-order valence-corrected chi connectivity index (χ1v) is 6.52. The Kier molecular flexibility index (Phi) is 3.99. The predicted molar refractivity (Wildman–Crippen MR) is 71.9 cm³/mol. The maximum absolute atomic E-state index is 10.7. The number of carbonyl (C=O) groups is 1. The van der Waals surface area contributed by atoms with E-state index in [1.54, 1.807) is 23.9 Å². The van der Waals surface area contributed by atoms with Gasteiger partial charge in [-0.3, -0.25) is 4.98 Å². The molecule has 3 nitrogen and oxygen atoms in total. The van der Waals surface area contributed by atoms with Crippen LogP contribution in [0, 0.1) is 6.92 Å². The molecular weight excluding hydrogens is 246 g/mol. The number of carboxylic acid groups (broad SMARTS) is 1. The fraction of sp³-hybridized carbons (Fsp3) is 0.143. The van der Waals surface area contributed by atoms with E-state index in [9.17, 15) is 4.79 Å². The molecule has 0 saturated carbocycles. The van der Waals surface area contributed by atoms with E-state index in [1.807, 2.05) is 37.3 Å². The molecule has 0 spiro atoms. The number of carboxylic acids is 1. The van der Waals surface area contributed by atoms with Crippen LogP contribution in [0.15, 0.2) is 47.4 Å². The Morgan fingerprint density at radius 1 is 1.22 bits per heavy atom. The average Bonchev–Trinajstić information content (AvgIpc) is 2.37. The van der Waals surface area contributed by atoms with E-state index in [2.05, 4.69) is 4.98 Å². The number of aryl methyl sites for hydroxylation is 1. The van der Waals surface area contributed by atoms with Crippen molar-refractivity contribution < 1.29 is 9.90 Å². The van der Waals surface area contributed by atoms with Crippen molar-refractivity contribution in [2.75, 3.05) is 0 Å². The van der Waals surface area contributed by atoms with Crippen molar-refractivity contribution in [2.24, 2.45) is 0 Å². The van der Waals surface area contributed by atoms with Gasteiger partial charge < -0.3 is 5.11 Å². The molecule has 2 aromatic rings. The number of hydrogen-bond donors (Lipinski definition) is 1. The van der Waals surface area contributed by atoms with Gasteiger partial charge in [0.15, 0.2) is 0 Å². The second-order valence-corrected chi connectivity index (χ2v) is 4.94. The number of nitrogens with zero attached hydrogens (tertiary/aromatic N) is 1. The monoisotopic (exact) mass is 259 g/mol. The summed E-state index contributed by atoms with van der Waals surface area (Å²) in [4.78, 5) is 16.2. The Morgan fingerprint density at radius 3 is 2.56 bits per heavy atom. The second kappa shape index (κ2) is 5.69. The van der Waals surface area contributed by atoms with Gasteiger partial charge in [-0.05, 0) is 43.3 Å². The van der Waals surface area contributed by atoms with Gasteiger partial charge in [0.05, 0.1) is 11.3 Å². The third-order valence-electron chi connectivity index (χ3n) is 2.43. The summed E-state index contributed by atoms with van der Waals surface area (Å²) in [5, 5.41) is 8.80. The number of rotatable bonds is 4. The van der Waals surface area contributed by atoms with E-state index >= 15 is 0 Å². The molecule has 0 bridgehead atoms. The SMILES string of the molecule is Cc1cccc(CSc2ccc(C(=O)O)cc2)n1. The minimum atomic E-state index is -0.896. The summed E-state index contributed by atoms with van der Waals surface area (Å²) in [5.74, 6) is -0.111. The van der Waals surface area contributed by atoms with Crippen LogP contribution in [0.1, 0.15) is 21.7 Å². The smallest absolute Gasteiger partial charge is 0.335 e. The average molecular weight is 259 g/mol. The Hall–Kier alpha value is -1.81. The highest BCUT2D eigenvalue weighted by Crippen LogP contribution is 2.22. The lowest BCUT2D eigenvalue weighted by Gasteiger charge is -2.03. The minimum absolute atomic E-state index is 0.313. The van der Waals surface area contributed by atoms with Crippen LogP contribution in [0.25, 0.3) is 0 Å². The Morgan fingerprint density at radius 2 is 1.94 bits per heavy atom. The number of benzene rings is 1. The molecule has 18 heavy (non-hydrogen) atoms. The van der Waals surface area contributed by atoms with Crippen LogP contribution in [0.2, 0.25) is 0 Å². The van der Waals surface area contributed by atoms with Gasteiger partial charge in [-0.15, -0.1) is 11.8 Å². The molecule has 0 aliphatic rings. The van der Waals surface area contributed by atoms with Crippen LogP contribution in [0.5, 0.6) is 0 Å². The van der Waals surface area contributed by atoms with Gasteiger partial charge in [-0.1, -0.05) is 6.07 Å². The van der Waals surface area contributed by atoms with Crippen LogP contribution in [0.4, 0.5) is 0 Å². The van der Waals surface area contributed by atoms with E-state index in [-0.39, 0.29) is 0 Å². The van der Waals surface area contributed by atoms with E-state index in [1.165, 1.54) is 0 Å². The van der Waals surface area contributed by atoms with E-state index in [0.717, 1.165) is 22.0 Å². The number of aromatic nitrogens is 1. The zero-order chi connectivity index (χ0) is 13.0. The zero-order valence-electron chi connectivity index (χ0n) is 9.96. The maximum atomic E-state index is 10.7. The molecule has 2 rings (SSSR count). The van der Waals surface area contributed by atoms with Gasteiger partial charge >= 0.3 is 5.97 Å². The van der Waals surface area contributed by atoms with Crippen LogP contribution >= 0.6 is 11.8 Å². The number of pyridine rings is 1. The van der Waals surface area contributed by atoms with Crippen LogP contribution in [-0.4, -0.2) is 16.1 Å². The molecule has 1 aromatic heterocycles. The van der Waals surface area contributed by atoms with E-state index in [4.69, 9.17) is 5.11 Å². The molecule has 0 unspecified atom stereocenters. The van der Waals surface area contributed by atoms with Crippen molar-refractivity contribution in [3.8, 4) is 0 Å². The summed E-state index contributed by atoms with van der Waals surface area (Å²) in [6.07, 6.45) is 0. The zero-order valence-corrected chi connectivity index (χ0v) is 10.8. The Bertz CT molecular complexity index is 552. The lowest BCUT2D eigenvalue weighted by molar-refractivity contribution is 0.0697. The molecule has 1 heterocycles. The highest BCUT2D eigenvalue weighted by atomic mass is 32.2. The largest absolute Gasteiger partial charge is 0.478 e. The predicted octanol–water partition coefficient (Wildman–Crippen LogP) is 3.38. The van der Waals surface area contributed by atoms with Crippen molar-refractivity contribution >= 4 is 17.7 Å². The molecule has 92 valence electrons. The molecule has 0 radical (unpaired) electrons. The molecule has 0 amide bonds. The Balaban J connectivity index is 2.00. The summed E-state index contributed by atoms with van der Waals surface area (Å²) >= 11 is 1.65. The normalized spacial score (nSPS) is 10.3. The van der Waals surface area contributed by atoms with Crippen molar-refractivity contribution in [1.82, 2.24) is 4.98 Å². The molecule has 1 N–H and O–H groups in total. The van der Waals surface area contributed by atoms with Gasteiger partial charge in [-0.25, -0.2) is 4.79 Å². The van der Waals surface area contributed by atoms with Gasteiger partial charge in [0.2, 0.25) is 0 Å². The van der Waals surface area contributed by atoms with E-state index in [0.29, 0.717) is 5.56 Å². The number of hydrogen-bond acceptors (Lipinski definition) is 3. The molecular formula is C14H13NO2S. The fourth-order valence-electron chi connectivity index (χ4n) is 1.53. The summed E-state index contributed by atoms with van der Waals surface area (Å²) in [5.41, 5.74) is 2.35. The molecule has 0 fully saturated rings. The summed E-state index contributed by atoms with van der Waals surface area (Å²) < 4.78 is 0. The topological polar surface area (TPSA) is 50.2 Å². The second-order valence-electron chi connectivity index (χ2n) is 3.89. The van der Waals surface area contributed by atoms with Crippen LogP contribution < -0.4 is 0 Å². The van der Waals surface area contributed by atoms with Crippen LogP contribution in [0.3, 0.4) is 0 Å². The van der Waals surface area contributed by atoms with Crippen molar-refractivity contribution in [3.05, 3.63) is 59.4 Å². The molecule has 1 aromatic carbocycles. The number of thioether (sulfide) groups is 1. The summed E-state index contributed by atoms with van der Waals surface area (Å²) in [6, 6.07) is 12.8. The first kappa shape index (κ1) is 12.6. The molecule has 4 heteroatoms. The minimum Gasteiger partial charge on any atom is -0.478 e. The molecule has 0 aliphatic carbocycles. The van der Waals surface area contributed by atoms with Gasteiger partial charge in [0, 0.05) is 16.3 Å². The fourth-order valence-corrected chi connectivity index (χ4v) is 2.33. The third-order valence-corrected chi connectivity index (χ3v) is 3.48. The summed E-state index contributed by atoms with van der Waals surface area (Å²) in [7, 11) is 0. The van der Waals surface area contributed by atoms with Crippen molar-refractivity contribution in [2.45, 2.75) is 17.6 Å². The van der Waals surface area contributed by atoms with E-state index < -0.39 is 5.97 Å². The Labute approximate surface area is 110 Å². The lowest BCUT2D eigenvalue weighted by atomic mass is 10.2. The number of aromatic carboxylic acids is 1. The first-order chi connectivity index (χ1) is 8.65. The maximum Gasteiger partial charge on any atom is 0.335 e. The third kappa shape index (κ3) is 3.34. The lowest BCUT2D eigenvalue weighted by Crippen LogP contribution is -1.94. The quantitative estimate of drug-likeness (QED) is 0.855. The first-order valence-electron chi connectivity index (χ1n) is 5.54. The highest BCUT2D eigenvalue weighted by Gasteiger charge is 2.02. The van der Waals surface area contributed by atoms with Gasteiger partial charge in [0.1, 0.15) is 0 Å². The summed E-state index contributed by atoms with van der Waals surface area (Å²) in [6.45, 7) is 1.97. The van der Waals surface area contributed by atoms with Crippen molar-refractivity contribution in [1.29, 1.82) is 0 Å². The van der Waals surface area contributed by atoms with Gasteiger partial charge in [0.25, 0.3) is 0 Å². The molecule has 0 aliphatic heterocycles. The highest BCUT2D eigenvalue weighted by molar-refractivity contribution is 7.98. The molecule has 0 saturated heterocycles.